The number of rotatable bonds is 6. The van der Waals surface area contributed by atoms with E-state index in [0.29, 0.717) is 11.7 Å². The van der Waals surface area contributed by atoms with Gasteiger partial charge in [0.05, 0.1) is 11.7 Å². The maximum Gasteiger partial charge on any atom is 0.294 e. The average molecular weight is 273 g/mol. The van der Waals surface area contributed by atoms with E-state index in [1.54, 1.807) is 14.1 Å². The Morgan fingerprint density at radius 3 is 2.84 bits per heavy atom. The van der Waals surface area contributed by atoms with E-state index in [-0.39, 0.29) is 23.8 Å². The molecule has 0 spiro atoms. The minimum atomic E-state index is -0.295. The van der Waals surface area contributed by atoms with Crippen LogP contribution in [-0.2, 0) is 4.79 Å². The van der Waals surface area contributed by atoms with Crippen LogP contribution in [-0.4, -0.2) is 67.7 Å². The third-order valence-corrected chi connectivity index (χ3v) is 5.34. The first-order valence-corrected chi connectivity index (χ1v) is 7.66. The number of thioether (sulfide) groups is 1. The maximum absolute atomic E-state index is 11.7. The van der Waals surface area contributed by atoms with Gasteiger partial charge in [-0.2, -0.15) is 11.8 Å². The van der Waals surface area contributed by atoms with Crippen molar-refractivity contribution in [2.45, 2.75) is 49.8 Å². The van der Waals surface area contributed by atoms with E-state index in [1.165, 1.54) is 9.62 Å². The Balaban J connectivity index is 1.80. The third-order valence-electron chi connectivity index (χ3n) is 3.86. The standard InChI is InChI=1S/C11H16B3N2O2S/c1-14-9(17)5-3-2-4-8-10-7(6-19-8)15(12)11(18)16(10)13/h7-8,10H,2-6H2,1H3/t7-,8-,10-/m0/s1. The highest BCUT2D eigenvalue weighted by Gasteiger charge is 2.48. The van der Waals surface area contributed by atoms with E-state index in [0.717, 1.165) is 25.0 Å². The molecule has 97 valence electrons. The monoisotopic (exact) mass is 273 g/mol. The van der Waals surface area contributed by atoms with E-state index in [9.17, 15) is 9.59 Å². The molecular weight excluding hydrogens is 257 g/mol. The third kappa shape index (κ3) is 2.98. The van der Waals surface area contributed by atoms with Gasteiger partial charge in [-0.25, -0.2) is 0 Å². The van der Waals surface area contributed by atoms with Crippen LogP contribution in [0, 0.1) is 0 Å². The van der Waals surface area contributed by atoms with Crippen LogP contribution < -0.4 is 0 Å². The molecule has 2 amide bonds. The van der Waals surface area contributed by atoms with Gasteiger partial charge in [0.25, 0.3) is 6.03 Å². The van der Waals surface area contributed by atoms with Crippen molar-refractivity contribution in [3.8, 4) is 0 Å². The Kier molecular flexibility index (Phi) is 4.93. The van der Waals surface area contributed by atoms with Crippen LogP contribution in [0.5, 0.6) is 0 Å². The lowest BCUT2D eigenvalue weighted by Crippen LogP contribution is -2.39. The number of carbonyl (C=O) groups excluding carboxylic acids is 2. The molecule has 4 nitrogen and oxygen atoms in total. The van der Waals surface area contributed by atoms with Gasteiger partial charge >= 0.3 is 0 Å². The molecule has 2 aliphatic heterocycles. The van der Waals surface area contributed by atoms with Gasteiger partial charge in [-0.1, -0.05) is 13.2 Å². The van der Waals surface area contributed by atoms with Crippen molar-refractivity contribution in [3.05, 3.63) is 0 Å². The summed E-state index contributed by atoms with van der Waals surface area (Å²) in [6.45, 7) is 1.77. The second-order valence-corrected chi connectivity index (χ2v) is 6.30. The Morgan fingerprint density at radius 1 is 1.42 bits per heavy atom. The molecule has 0 aromatic carbocycles. The Labute approximate surface area is 122 Å². The minimum absolute atomic E-state index is 0.0101. The molecule has 2 aliphatic rings. The second-order valence-electron chi connectivity index (χ2n) is 5.03. The first-order valence-electron chi connectivity index (χ1n) is 6.62. The highest BCUT2D eigenvalue weighted by Crippen LogP contribution is 2.39. The summed E-state index contributed by atoms with van der Waals surface area (Å²) in [5.74, 6) is 0.840. The van der Waals surface area contributed by atoms with Crippen LogP contribution in [0.3, 0.4) is 0 Å². The number of unbranched alkanes of at least 4 members (excludes halogenated alkanes) is 1. The van der Waals surface area contributed by atoms with E-state index in [4.69, 9.17) is 16.0 Å². The summed E-state index contributed by atoms with van der Waals surface area (Å²) in [5.41, 5.74) is 0.196. The molecule has 19 heavy (non-hydrogen) atoms. The molecular formula is C11H16B3N2O2S. The molecule has 8 heteroatoms. The molecule has 2 saturated heterocycles. The number of hydrogen-bond acceptors (Lipinski definition) is 3. The van der Waals surface area contributed by atoms with Gasteiger partial charge in [0.2, 0.25) is 16.0 Å². The van der Waals surface area contributed by atoms with Crippen molar-refractivity contribution in [2.75, 3.05) is 5.75 Å². The predicted octanol–water partition coefficient (Wildman–Crippen LogP) is 0.583. The van der Waals surface area contributed by atoms with Gasteiger partial charge in [-0.15, -0.1) is 0 Å². The average Bonchev–Trinajstić information content (AvgIpc) is 2.92. The number of carbonyl (C=O) groups is 2. The number of urea groups is 1. The van der Waals surface area contributed by atoms with Gasteiger partial charge in [0.15, 0.2) is 7.28 Å². The van der Waals surface area contributed by atoms with Crippen molar-refractivity contribution >= 4 is 46.7 Å². The van der Waals surface area contributed by atoms with Gasteiger partial charge in [-0.3, -0.25) is 4.79 Å². The largest absolute Gasteiger partial charge is 0.375 e. The normalized spacial score (nSPS) is 29.7. The molecule has 0 saturated carbocycles. The van der Waals surface area contributed by atoms with Crippen molar-refractivity contribution in [2.24, 2.45) is 0 Å². The van der Waals surface area contributed by atoms with Crippen molar-refractivity contribution in [3.63, 3.8) is 0 Å². The first-order chi connectivity index (χ1) is 9.06. The summed E-state index contributed by atoms with van der Waals surface area (Å²) in [6, 6.07) is -0.259. The van der Waals surface area contributed by atoms with E-state index in [2.05, 4.69) is 0 Å². The summed E-state index contributed by atoms with van der Waals surface area (Å²) in [7, 11) is 13.2. The summed E-state index contributed by atoms with van der Waals surface area (Å²) in [4.78, 5) is 25.4. The van der Waals surface area contributed by atoms with Crippen molar-refractivity contribution in [1.29, 1.82) is 0 Å². The van der Waals surface area contributed by atoms with Crippen LogP contribution >= 0.6 is 11.8 Å². The topological polar surface area (TPSA) is 40.6 Å². The van der Waals surface area contributed by atoms with Gasteiger partial charge in [0.1, 0.15) is 0 Å². The fourth-order valence-corrected chi connectivity index (χ4v) is 4.37. The Bertz CT molecular complexity index is 372. The number of nitrogens with zero attached hydrogens (tertiary/aromatic N) is 2. The molecule has 0 aliphatic carbocycles. The van der Waals surface area contributed by atoms with E-state index >= 15 is 0 Å². The smallest absolute Gasteiger partial charge is 0.294 e. The lowest BCUT2D eigenvalue weighted by Gasteiger charge is -2.24. The van der Waals surface area contributed by atoms with E-state index < -0.39 is 0 Å². The zero-order chi connectivity index (χ0) is 14.0. The van der Waals surface area contributed by atoms with Gasteiger partial charge in [0, 0.05) is 17.0 Å². The molecule has 0 unspecified atom stereocenters. The summed E-state index contributed by atoms with van der Waals surface area (Å²) in [6.07, 6.45) is 3.45. The number of hydrogen-bond donors (Lipinski definition) is 0. The lowest BCUT2D eigenvalue weighted by atomic mass is 9.74. The summed E-state index contributed by atoms with van der Waals surface area (Å²) < 4.78 is 0. The van der Waals surface area contributed by atoms with Crippen LogP contribution in [0.25, 0.3) is 0 Å². The molecule has 0 aromatic rings. The van der Waals surface area contributed by atoms with Crippen molar-refractivity contribution in [1.82, 2.24) is 9.62 Å². The quantitative estimate of drug-likeness (QED) is 0.404. The van der Waals surface area contributed by atoms with Gasteiger partial charge in [-0.05, 0) is 19.3 Å². The van der Waals surface area contributed by atoms with Crippen LogP contribution in [0.4, 0.5) is 4.79 Å². The molecule has 3 atom stereocenters. The highest BCUT2D eigenvalue weighted by atomic mass is 32.2. The minimum Gasteiger partial charge on any atom is -0.375 e. The maximum atomic E-state index is 11.7. The van der Waals surface area contributed by atoms with Crippen LogP contribution in [0.15, 0.2) is 0 Å². The number of amides is 2. The second kappa shape index (κ2) is 6.29. The molecule has 5 radical (unpaired) electrons. The van der Waals surface area contributed by atoms with Crippen LogP contribution in [0.1, 0.15) is 25.7 Å². The number of fused-ring (bicyclic) bond motifs is 1. The fraction of sp³-hybridized carbons (Fsp3) is 0.818. The Morgan fingerprint density at radius 2 is 2.16 bits per heavy atom. The molecule has 0 bridgehead atoms. The molecule has 0 aromatic heterocycles. The zero-order valence-electron chi connectivity index (χ0n) is 11.1. The predicted molar refractivity (Wildman–Crippen MR) is 79.5 cm³/mol. The fourth-order valence-electron chi connectivity index (χ4n) is 2.72. The SMILES string of the molecule is [B]N1C(=O)N([B])[C@H]2CS[C@@H](CCCCC(=O)[B]C)[C@H]21. The van der Waals surface area contributed by atoms with Crippen molar-refractivity contribution < 1.29 is 9.59 Å². The van der Waals surface area contributed by atoms with Gasteiger partial charge < -0.3 is 14.4 Å². The Hall–Kier alpha value is -0.515. The van der Waals surface area contributed by atoms with Crippen LogP contribution in [0.2, 0.25) is 6.82 Å². The summed E-state index contributed by atoms with van der Waals surface area (Å²) >= 11 is 1.82. The first kappa shape index (κ1) is 14.9. The van der Waals surface area contributed by atoms with E-state index in [1.807, 2.05) is 11.8 Å². The lowest BCUT2D eigenvalue weighted by molar-refractivity contribution is -0.112. The molecule has 2 fully saturated rings. The highest BCUT2D eigenvalue weighted by molar-refractivity contribution is 8.00. The molecule has 2 heterocycles. The zero-order valence-corrected chi connectivity index (χ0v) is 11.9. The molecule has 2 rings (SSSR count). The summed E-state index contributed by atoms with van der Waals surface area (Å²) in [5, 5.41) is 0.327. The molecule has 0 N–H and O–H groups in total.